The van der Waals surface area contributed by atoms with Crippen molar-refractivity contribution in [3.05, 3.63) is 58.2 Å². The van der Waals surface area contributed by atoms with Crippen molar-refractivity contribution < 1.29 is 29.0 Å². The molecule has 33 heavy (non-hydrogen) atoms. The van der Waals surface area contributed by atoms with E-state index in [9.17, 15) is 19.7 Å². The van der Waals surface area contributed by atoms with Crippen molar-refractivity contribution in [1.82, 2.24) is 24.7 Å². The first-order valence-electron chi connectivity index (χ1n) is 9.56. The Morgan fingerprint density at radius 2 is 1.97 bits per heavy atom. The van der Waals surface area contributed by atoms with E-state index in [1.807, 2.05) is 0 Å². The second kappa shape index (κ2) is 8.48. The van der Waals surface area contributed by atoms with Crippen molar-refractivity contribution >= 4 is 45.9 Å². The molecule has 0 radical (unpaired) electrons. The Morgan fingerprint density at radius 3 is 2.70 bits per heavy atom. The molecule has 11 nitrogen and oxygen atoms in total. The maximum absolute atomic E-state index is 13.4. The lowest BCUT2D eigenvalue weighted by molar-refractivity contribution is -0.0434. The van der Waals surface area contributed by atoms with Crippen LogP contribution in [0.15, 0.2) is 35.1 Å². The molecule has 0 unspecified atom stereocenters. The summed E-state index contributed by atoms with van der Waals surface area (Å²) in [6.07, 6.45) is -3.56. The Balaban J connectivity index is 1.50. The Labute approximate surface area is 194 Å². The topological polar surface area (TPSA) is 152 Å². The van der Waals surface area contributed by atoms with Gasteiger partial charge in [-0.15, -0.1) is 0 Å². The Morgan fingerprint density at radius 1 is 1.15 bits per heavy atom. The first-order valence-corrected chi connectivity index (χ1v) is 10.3. The van der Waals surface area contributed by atoms with Crippen molar-refractivity contribution in [3.8, 4) is 0 Å². The molecule has 14 heteroatoms. The van der Waals surface area contributed by atoms with Gasteiger partial charge in [0.05, 0.1) is 23.6 Å². The molecule has 5 rings (SSSR count). The highest BCUT2D eigenvalue weighted by atomic mass is 35.5. The van der Waals surface area contributed by atoms with Gasteiger partial charge in [-0.3, -0.25) is 4.57 Å². The predicted octanol–water partition coefficient (Wildman–Crippen LogP) is 2.49. The molecular formula is C19H15Cl2FN6O5. The van der Waals surface area contributed by atoms with E-state index >= 15 is 0 Å². The van der Waals surface area contributed by atoms with Crippen LogP contribution in [0.2, 0.25) is 10.3 Å². The Bertz CT molecular complexity index is 1330. The van der Waals surface area contributed by atoms with Crippen molar-refractivity contribution in [2.75, 3.05) is 5.32 Å². The number of nitrogens with zero attached hydrogens (tertiary/aromatic N) is 5. The lowest BCUT2D eigenvalue weighted by Crippen LogP contribution is -2.28. The summed E-state index contributed by atoms with van der Waals surface area (Å²) in [5, 5.41) is 36.9. The van der Waals surface area contributed by atoms with E-state index in [1.54, 1.807) is 0 Å². The zero-order valence-corrected chi connectivity index (χ0v) is 17.9. The summed E-state index contributed by atoms with van der Waals surface area (Å²) >= 11 is 12.2. The first kappa shape index (κ1) is 21.9. The molecule has 172 valence electrons. The predicted molar refractivity (Wildman–Crippen MR) is 112 cm³/mol. The maximum atomic E-state index is 13.4. The Hall–Kier alpha value is -2.87. The number of imidazole rings is 1. The summed E-state index contributed by atoms with van der Waals surface area (Å²) in [5.74, 6) is -0.179. The van der Waals surface area contributed by atoms with Gasteiger partial charge in [0.15, 0.2) is 29.0 Å². The number of ether oxygens (including phenoxy) is 1. The van der Waals surface area contributed by atoms with E-state index in [2.05, 4.69) is 25.4 Å². The van der Waals surface area contributed by atoms with Crippen molar-refractivity contribution in [3.63, 3.8) is 0 Å². The van der Waals surface area contributed by atoms with Gasteiger partial charge in [0.25, 0.3) is 0 Å². The van der Waals surface area contributed by atoms with E-state index in [0.717, 1.165) is 6.07 Å². The molecule has 4 N–H and O–H groups in total. The van der Waals surface area contributed by atoms with Gasteiger partial charge in [-0.05, 0) is 29.8 Å². The fourth-order valence-corrected chi connectivity index (χ4v) is 3.92. The van der Waals surface area contributed by atoms with Crippen molar-refractivity contribution in [2.24, 2.45) is 0 Å². The van der Waals surface area contributed by atoms with Crippen LogP contribution in [0.4, 0.5) is 15.9 Å². The molecule has 1 aromatic carbocycles. The molecule has 0 amide bonds. The van der Waals surface area contributed by atoms with Gasteiger partial charge in [0, 0.05) is 6.07 Å². The monoisotopic (exact) mass is 496 g/mol. The van der Waals surface area contributed by atoms with Crippen LogP contribution in [0, 0.1) is 5.82 Å². The summed E-state index contributed by atoms with van der Waals surface area (Å²) in [4.78, 5) is 12.6. The van der Waals surface area contributed by atoms with Gasteiger partial charge < -0.3 is 29.9 Å². The summed E-state index contributed by atoms with van der Waals surface area (Å²) in [6, 6.07) is 5.21. The van der Waals surface area contributed by atoms with E-state index in [4.69, 9.17) is 32.5 Å². The lowest BCUT2D eigenvalue weighted by atomic mass is 10.1. The first-order chi connectivity index (χ1) is 15.9. The van der Waals surface area contributed by atoms with Gasteiger partial charge in [-0.25, -0.2) is 9.37 Å². The molecule has 1 saturated heterocycles. The number of halogens is 3. The third-order valence-electron chi connectivity index (χ3n) is 5.11. The van der Waals surface area contributed by atoms with E-state index in [0.29, 0.717) is 5.69 Å². The molecule has 0 bridgehead atoms. The summed E-state index contributed by atoms with van der Waals surface area (Å²) in [7, 11) is 0. The number of fused-ring (bicyclic) bond motifs is 1. The highest BCUT2D eigenvalue weighted by molar-refractivity contribution is 6.33. The smallest absolute Gasteiger partial charge is 0.226 e. The number of benzene rings is 1. The normalized spacial score (nSPS) is 22.8. The lowest BCUT2D eigenvalue weighted by Gasteiger charge is -2.16. The second-order valence-electron chi connectivity index (χ2n) is 7.22. The van der Waals surface area contributed by atoms with Crippen LogP contribution in [-0.2, 0) is 11.3 Å². The minimum atomic E-state index is -1.38. The molecule has 4 atom stereocenters. The summed E-state index contributed by atoms with van der Waals surface area (Å²) in [5.41, 5.74) is 1.07. The molecule has 4 heterocycles. The number of hydrogen-bond donors (Lipinski definition) is 4. The standard InChI is InChI=1S/C19H15Cl2FN6O5/c20-9-3-7(22)1-2-10(9)24-16-12-17(26-19(21)25-16)28(6-23-12)18-14(31)13(30)15(32-18)11-4-8(5-29)27-33-11/h1-4,6,13-15,18,29-31H,5H2,(H,24,25,26)/t13-,14+,15+,18+/m0/s1. The van der Waals surface area contributed by atoms with Crippen LogP contribution in [0.25, 0.3) is 11.2 Å². The molecule has 0 aliphatic carbocycles. The average Bonchev–Trinajstić information content (AvgIpc) is 3.49. The molecule has 1 aliphatic heterocycles. The quantitative estimate of drug-likeness (QED) is 0.303. The maximum Gasteiger partial charge on any atom is 0.226 e. The molecular weight excluding hydrogens is 482 g/mol. The molecule has 4 aromatic rings. The van der Waals surface area contributed by atoms with Gasteiger partial charge in [-0.2, -0.15) is 9.97 Å². The van der Waals surface area contributed by atoms with E-state index in [1.165, 1.54) is 29.1 Å². The summed E-state index contributed by atoms with van der Waals surface area (Å²) in [6.45, 7) is -0.353. The fraction of sp³-hybridized carbons (Fsp3) is 0.263. The molecule has 0 spiro atoms. The SMILES string of the molecule is OCc1cc([C@H]2O[C@@H](n3cnc4c(Nc5ccc(F)cc5Cl)nc(Cl)nc43)[C@H](O)[C@@H]2O)on1. The highest BCUT2D eigenvalue weighted by Crippen LogP contribution is 2.40. The van der Waals surface area contributed by atoms with E-state index in [-0.39, 0.29) is 45.3 Å². The van der Waals surface area contributed by atoms with Crippen molar-refractivity contribution in [2.45, 2.75) is 31.1 Å². The van der Waals surface area contributed by atoms with Crippen LogP contribution in [0.3, 0.4) is 0 Å². The van der Waals surface area contributed by atoms with E-state index < -0.39 is 30.4 Å². The molecule has 3 aromatic heterocycles. The summed E-state index contributed by atoms with van der Waals surface area (Å²) < 4.78 is 25.7. The zero-order valence-electron chi connectivity index (χ0n) is 16.4. The van der Waals surface area contributed by atoms with Crippen molar-refractivity contribution in [1.29, 1.82) is 0 Å². The Kier molecular flexibility index (Phi) is 5.64. The number of rotatable bonds is 5. The minimum Gasteiger partial charge on any atom is -0.390 e. The number of aromatic nitrogens is 5. The van der Waals surface area contributed by atoms with Gasteiger partial charge in [-0.1, -0.05) is 16.8 Å². The molecule has 0 saturated carbocycles. The van der Waals surface area contributed by atoms with Crippen LogP contribution in [0.5, 0.6) is 0 Å². The minimum absolute atomic E-state index is 0.118. The van der Waals surface area contributed by atoms with Crippen LogP contribution in [0.1, 0.15) is 23.8 Å². The largest absolute Gasteiger partial charge is 0.390 e. The van der Waals surface area contributed by atoms with Crippen LogP contribution in [-0.4, -0.2) is 52.2 Å². The molecule has 1 fully saturated rings. The average molecular weight is 497 g/mol. The number of aliphatic hydroxyl groups excluding tert-OH is 3. The number of aliphatic hydroxyl groups is 3. The zero-order chi connectivity index (χ0) is 23.3. The van der Waals surface area contributed by atoms with Crippen LogP contribution < -0.4 is 5.32 Å². The van der Waals surface area contributed by atoms with Gasteiger partial charge >= 0.3 is 0 Å². The highest BCUT2D eigenvalue weighted by Gasteiger charge is 2.47. The fourth-order valence-electron chi connectivity index (χ4n) is 3.54. The van der Waals surface area contributed by atoms with Gasteiger partial charge in [0.2, 0.25) is 5.28 Å². The third kappa shape index (κ3) is 3.90. The molecule has 1 aliphatic rings. The number of hydrogen-bond acceptors (Lipinski definition) is 10. The third-order valence-corrected chi connectivity index (χ3v) is 5.59. The number of anilines is 2. The van der Waals surface area contributed by atoms with Crippen LogP contribution >= 0.6 is 23.2 Å². The van der Waals surface area contributed by atoms with Gasteiger partial charge in [0.1, 0.15) is 29.8 Å². The second-order valence-corrected chi connectivity index (χ2v) is 7.97. The number of nitrogens with one attached hydrogen (secondary N) is 1.